The SMILES string of the molecule is C/C=C\C1CN(Cc2ccccc2)C(=O)C1C(C(=O)OCC)C(=O)OCC. The summed E-state index contributed by atoms with van der Waals surface area (Å²) in [5, 5.41) is 0. The molecule has 1 saturated heterocycles. The fraction of sp³-hybridized carbons (Fsp3) is 0.476. The van der Waals surface area contributed by atoms with Gasteiger partial charge in [0.15, 0.2) is 5.92 Å². The Kier molecular flexibility index (Phi) is 7.58. The number of ether oxygens (including phenoxy) is 2. The first-order valence-electron chi connectivity index (χ1n) is 9.32. The van der Waals surface area contributed by atoms with E-state index in [1.807, 2.05) is 49.4 Å². The van der Waals surface area contributed by atoms with E-state index < -0.39 is 23.8 Å². The fourth-order valence-corrected chi connectivity index (χ4v) is 3.47. The molecule has 0 N–H and O–H groups in total. The molecule has 6 heteroatoms. The first-order valence-corrected chi connectivity index (χ1v) is 9.32. The summed E-state index contributed by atoms with van der Waals surface area (Å²) < 4.78 is 10.2. The van der Waals surface area contributed by atoms with Crippen molar-refractivity contribution in [1.82, 2.24) is 4.90 Å². The maximum Gasteiger partial charge on any atom is 0.321 e. The third-order valence-corrected chi connectivity index (χ3v) is 4.59. The summed E-state index contributed by atoms with van der Waals surface area (Å²) in [6, 6.07) is 9.63. The summed E-state index contributed by atoms with van der Waals surface area (Å²) in [6.45, 7) is 6.34. The van der Waals surface area contributed by atoms with Crippen LogP contribution in [-0.4, -0.2) is 42.5 Å². The van der Waals surface area contributed by atoms with Gasteiger partial charge in [0.25, 0.3) is 0 Å². The largest absolute Gasteiger partial charge is 0.465 e. The van der Waals surface area contributed by atoms with Gasteiger partial charge in [-0.1, -0.05) is 42.5 Å². The molecule has 0 saturated carbocycles. The van der Waals surface area contributed by atoms with Gasteiger partial charge in [-0.2, -0.15) is 0 Å². The van der Waals surface area contributed by atoms with Gasteiger partial charge >= 0.3 is 11.9 Å². The molecule has 1 amide bonds. The molecule has 146 valence electrons. The van der Waals surface area contributed by atoms with Crippen molar-refractivity contribution in [2.45, 2.75) is 27.3 Å². The highest BCUT2D eigenvalue weighted by atomic mass is 16.6. The van der Waals surface area contributed by atoms with Crippen LogP contribution in [0.1, 0.15) is 26.3 Å². The molecule has 1 aromatic rings. The number of allylic oxidation sites excluding steroid dienone is 1. The van der Waals surface area contributed by atoms with Crippen molar-refractivity contribution < 1.29 is 23.9 Å². The fourth-order valence-electron chi connectivity index (χ4n) is 3.47. The van der Waals surface area contributed by atoms with E-state index >= 15 is 0 Å². The Labute approximate surface area is 160 Å². The van der Waals surface area contributed by atoms with Crippen LogP contribution in [-0.2, 0) is 30.4 Å². The zero-order chi connectivity index (χ0) is 19.8. The molecule has 1 aromatic carbocycles. The molecule has 2 unspecified atom stereocenters. The van der Waals surface area contributed by atoms with E-state index in [9.17, 15) is 14.4 Å². The number of hydrogen-bond acceptors (Lipinski definition) is 5. The van der Waals surface area contributed by atoms with E-state index in [0.29, 0.717) is 13.1 Å². The van der Waals surface area contributed by atoms with Gasteiger partial charge in [0.05, 0.1) is 19.1 Å². The van der Waals surface area contributed by atoms with E-state index in [-0.39, 0.29) is 25.0 Å². The lowest BCUT2D eigenvalue weighted by Gasteiger charge is -2.22. The molecular formula is C21H27NO5. The van der Waals surface area contributed by atoms with Crippen LogP contribution in [0.25, 0.3) is 0 Å². The zero-order valence-corrected chi connectivity index (χ0v) is 16.1. The summed E-state index contributed by atoms with van der Waals surface area (Å²) in [5.41, 5.74) is 0.995. The quantitative estimate of drug-likeness (QED) is 0.398. The molecular weight excluding hydrogens is 346 g/mol. The molecule has 1 heterocycles. The number of carbonyl (C=O) groups is 3. The number of carbonyl (C=O) groups excluding carboxylic acids is 3. The van der Waals surface area contributed by atoms with Crippen molar-refractivity contribution in [3.63, 3.8) is 0 Å². The summed E-state index contributed by atoms with van der Waals surface area (Å²) >= 11 is 0. The molecule has 0 aliphatic carbocycles. The van der Waals surface area contributed by atoms with E-state index in [1.54, 1.807) is 18.7 Å². The van der Waals surface area contributed by atoms with Crippen LogP contribution in [0.2, 0.25) is 0 Å². The molecule has 0 spiro atoms. The van der Waals surface area contributed by atoms with Crippen LogP contribution in [0.4, 0.5) is 0 Å². The Morgan fingerprint density at radius 3 is 2.26 bits per heavy atom. The predicted octanol–water partition coefficient (Wildman–Crippen LogP) is 2.58. The maximum atomic E-state index is 13.1. The number of nitrogens with zero attached hydrogens (tertiary/aromatic N) is 1. The monoisotopic (exact) mass is 373 g/mol. The minimum atomic E-state index is -1.25. The molecule has 0 aromatic heterocycles. The molecule has 6 nitrogen and oxygen atoms in total. The molecule has 2 atom stereocenters. The van der Waals surface area contributed by atoms with Gasteiger partial charge in [-0.3, -0.25) is 14.4 Å². The minimum absolute atomic E-state index is 0.137. The van der Waals surface area contributed by atoms with Gasteiger partial charge in [0.1, 0.15) is 0 Å². The highest BCUT2D eigenvalue weighted by molar-refractivity contribution is 6.01. The predicted molar refractivity (Wildman–Crippen MR) is 100 cm³/mol. The van der Waals surface area contributed by atoms with Crippen molar-refractivity contribution in [1.29, 1.82) is 0 Å². The van der Waals surface area contributed by atoms with Gasteiger partial charge in [-0.05, 0) is 26.3 Å². The summed E-state index contributed by atoms with van der Waals surface area (Å²) in [6.07, 6.45) is 3.71. The molecule has 1 fully saturated rings. The van der Waals surface area contributed by atoms with Gasteiger partial charge < -0.3 is 14.4 Å². The van der Waals surface area contributed by atoms with Crippen LogP contribution in [0.3, 0.4) is 0 Å². The van der Waals surface area contributed by atoms with Gasteiger partial charge in [-0.25, -0.2) is 0 Å². The lowest BCUT2D eigenvalue weighted by molar-refractivity contribution is -0.167. The lowest BCUT2D eigenvalue weighted by atomic mass is 9.83. The van der Waals surface area contributed by atoms with Crippen LogP contribution < -0.4 is 0 Å². The number of benzene rings is 1. The third-order valence-electron chi connectivity index (χ3n) is 4.59. The average molecular weight is 373 g/mol. The molecule has 0 bridgehead atoms. The average Bonchev–Trinajstić information content (AvgIpc) is 2.93. The number of esters is 2. The zero-order valence-electron chi connectivity index (χ0n) is 16.1. The highest BCUT2D eigenvalue weighted by Gasteiger charge is 2.50. The Morgan fingerprint density at radius 2 is 1.74 bits per heavy atom. The lowest BCUT2D eigenvalue weighted by Crippen LogP contribution is -2.40. The van der Waals surface area contributed by atoms with Crippen molar-refractivity contribution in [3.05, 3.63) is 48.0 Å². The third kappa shape index (κ3) is 4.96. The van der Waals surface area contributed by atoms with Gasteiger partial charge in [-0.15, -0.1) is 0 Å². The molecule has 27 heavy (non-hydrogen) atoms. The van der Waals surface area contributed by atoms with Crippen molar-refractivity contribution in [2.24, 2.45) is 17.8 Å². The van der Waals surface area contributed by atoms with E-state index in [4.69, 9.17) is 9.47 Å². The first kappa shape index (κ1) is 20.7. The number of amides is 1. The smallest absolute Gasteiger partial charge is 0.321 e. The summed E-state index contributed by atoms with van der Waals surface area (Å²) in [5.74, 6) is -3.96. The molecule has 2 rings (SSSR count). The summed E-state index contributed by atoms with van der Waals surface area (Å²) in [7, 11) is 0. The summed E-state index contributed by atoms with van der Waals surface area (Å²) in [4.78, 5) is 39.8. The highest BCUT2D eigenvalue weighted by Crippen LogP contribution is 2.34. The topological polar surface area (TPSA) is 72.9 Å². The van der Waals surface area contributed by atoms with Crippen LogP contribution in [0, 0.1) is 17.8 Å². The second kappa shape index (κ2) is 9.90. The Hall–Kier alpha value is -2.63. The number of hydrogen-bond donors (Lipinski definition) is 0. The standard InChI is InChI=1S/C21H27NO5/c1-4-10-16-14-22(13-15-11-8-7-9-12-15)19(23)17(16)18(20(24)26-5-2)21(25)27-6-3/h4,7-12,16-18H,5-6,13-14H2,1-3H3/b10-4-. The van der Waals surface area contributed by atoms with E-state index in [0.717, 1.165) is 5.56 Å². The van der Waals surface area contributed by atoms with Crippen LogP contribution >= 0.6 is 0 Å². The molecule has 0 radical (unpaired) electrons. The number of likely N-dealkylation sites (tertiary alicyclic amines) is 1. The number of rotatable bonds is 8. The Balaban J connectivity index is 2.31. The Bertz CT molecular complexity index is 667. The van der Waals surface area contributed by atoms with Gasteiger partial charge in [0, 0.05) is 19.0 Å². The van der Waals surface area contributed by atoms with Crippen molar-refractivity contribution in [3.8, 4) is 0 Å². The second-order valence-electron chi connectivity index (χ2n) is 6.40. The normalized spacial score (nSPS) is 19.7. The second-order valence-corrected chi connectivity index (χ2v) is 6.40. The van der Waals surface area contributed by atoms with E-state index in [1.165, 1.54) is 0 Å². The Morgan fingerprint density at radius 1 is 1.15 bits per heavy atom. The maximum absolute atomic E-state index is 13.1. The van der Waals surface area contributed by atoms with Crippen LogP contribution in [0.15, 0.2) is 42.5 Å². The van der Waals surface area contributed by atoms with Crippen molar-refractivity contribution >= 4 is 17.8 Å². The van der Waals surface area contributed by atoms with Crippen LogP contribution in [0.5, 0.6) is 0 Å². The van der Waals surface area contributed by atoms with Gasteiger partial charge in [0.2, 0.25) is 5.91 Å². The molecule has 1 aliphatic heterocycles. The molecule has 1 aliphatic rings. The van der Waals surface area contributed by atoms with Crippen molar-refractivity contribution in [2.75, 3.05) is 19.8 Å². The first-order chi connectivity index (χ1) is 13.0. The van der Waals surface area contributed by atoms with E-state index in [2.05, 4.69) is 0 Å². The minimum Gasteiger partial charge on any atom is -0.465 e.